The molecule has 0 radical (unpaired) electrons. The molecule has 1 saturated heterocycles. The summed E-state index contributed by atoms with van der Waals surface area (Å²) in [5.74, 6) is -0.663. The predicted molar refractivity (Wildman–Crippen MR) is 74.1 cm³/mol. The van der Waals surface area contributed by atoms with Gasteiger partial charge in [-0.1, -0.05) is 6.92 Å². The maximum Gasteiger partial charge on any atom is 0.324 e. The molecule has 0 spiro atoms. The number of aliphatic carboxylic acids is 1. The quantitative estimate of drug-likeness (QED) is 0.908. The van der Waals surface area contributed by atoms with Gasteiger partial charge in [0, 0.05) is 10.9 Å². The van der Waals surface area contributed by atoms with Gasteiger partial charge in [0.2, 0.25) is 0 Å². The molecule has 2 unspecified atom stereocenters. The molecule has 1 N–H and O–H groups in total. The molecule has 2 heterocycles. The first-order valence-corrected chi connectivity index (χ1v) is 7.45. The minimum atomic E-state index is -0.663. The highest BCUT2D eigenvalue weighted by Gasteiger charge is 2.48. The number of aryl methyl sites for hydroxylation is 1. The Bertz CT molecular complexity index is 443. The molecule has 1 aromatic heterocycles. The van der Waals surface area contributed by atoms with Crippen LogP contribution < -0.4 is 0 Å². The van der Waals surface area contributed by atoms with Crippen molar-refractivity contribution in [1.29, 1.82) is 0 Å². The maximum atomic E-state index is 11.7. The molecule has 100 valence electrons. The standard InChI is InChI=1S/C14H21NO2S/c1-4-14(13(16)17)7-5-8-15(14)11(3)12-10(2)6-9-18-12/h6,9,11H,4-5,7-8H2,1-3H3,(H,16,17). The number of likely N-dealkylation sites (tertiary alicyclic amines) is 1. The molecular weight excluding hydrogens is 246 g/mol. The maximum absolute atomic E-state index is 11.7. The Hall–Kier alpha value is -0.870. The molecule has 4 heteroatoms. The second kappa shape index (κ2) is 5.02. The number of rotatable bonds is 4. The zero-order valence-corrected chi connectivity index (χ0v) is 12.1. The first kappa shape index (κ1) is 13.6. The molecule has 0 aromatic carbocycles. The van der Waals surface area contributed by atoms with E-state index < -0.39 is 11.5 Å². The molecule has 1 aliphatic rings. The Labute approximate surface area is 112 Å². The monoisotopic (exact) mass is 267 g/mol. The predicted octanol–water partition coefficient (Wildman–Crippen LogP) is 3.45. The van der Waals surface area contributed by atoms with Crippen molar-refractivity contribution in [1.82, 2.24) is 4.90 Å². The van der Waals surface area contributed by atoms with Gasteiger partial charge in [-0.2, -0.15) is 0 Å². The van der Waals surface area contributed by atoms with E-state index in [1.165, 1.54) is 10.4 Å². The van der Waals surface area contributed by atoms with Gasteiger partial charge in [0.15, 0.2) is 0 Å². The van der Waals surface area contributed by atoms with Gasteiger partial charge < -0.3 is 5.11 Å². The average molecular weight is 267 g/mol. The van der Waals surface area contributed by atoms with Gasteiger partial charge in [-0.25, -0.2) is 0 Å². The Morgan fingerprint density at radius 3 is 2.89 bits per heavy atom. The molecule has 0 bridgehead atoms. The van der Waals surface area contributed by atoms with Crippen molar-refractivity contribution >= 4 is 17.3 Å². The summed E-state index contributed by atoms with van der Waals surface area (Å²) in [4.78, 5) is 15.2. The highest BCUT2D eigenvalue weighted by atomic mass is 32.1. The lowest BCUT2D eigenvalue weighted by molar-refractivity contribution is -0.151. The van der Waals surface area contributed by atoms with E-state index >= 15 is 0 Å². The summed E-state index contributed by atoms with van der Waals surface area (Å²) in [5.41, 5.74) is 0.616. The van der Waals surface area contributed by atoms with Crippen LogP contribution in [0.3, 0.4) is 0 Å². The second-order valence-electron chi connectivity index (χ2n) is 5.13. The SMILES string of the molecule is CCC1(C(=O)O)CCCN1C(C)c1sccc1C. The molecule has 1 aliphatic heterocycles. The summed E-state index contributed by atoms with van der Waals surface area (Å²) in [7, 11) is 0. The van der Waals surface area contributed by atoms with Crippen LogP contribution in [0, 0.1) is 6.92 Å². The van der Waals surface area contributed by atoms with Crippen LogP contribution in [0.2, 0.25) is 0 Å². The van der Waals surface area contributed by atoms with Crippen LogP contribution in [0.4, 0.5) is 0 Å². The van der Waals surface area contributed by atoms with Gasteiger partial charge in [-0.3, -0.25) is 9.69 Å². The molecule has 18 heavy (non-hydrogen) atoms. The number of thiophene rings is 1. The second-order valence-corrected chi connectivity index (χ2v) is 6.08. The van der Waals surface area contributed by atoms with Gasteiger partial charge in [0.05, 0.1) is 0 Å². The third-order valence-corrected chi connectivity index (χ3v) is 5.46. The highest BCUT2D eigenvalue weighted by molar-refractivity contribution is 7.10. The van der Waals surface area contributed by atoms with Crippen molar-refractivity contribution < 1.29 is 9.90 Å². The van der Waals surface area contributed by atoms with E-state index in [-0.39, 0.29) is 6.04 Å². The molecule has 3 nitrogen and oxygen atoms in total. The van der Waals surface area contributed by atoms with Crippen LogP contribution in [-0.4, -0.2) is 28.1 Å². The summed E-state index contributed by atoms with van der Waals surface area (Å²) < 4.78 is 0. The number of hydrogen-bond acceptors (Lipinski definition) is 3. The van der Waals surface area contributed by atoms with E-state index in [0.717, 1.165) is 19.4 Å². The van der Waals surface area contributed by atoms with Crippen LogP contribution in [-0.2, 0) is 4.79 Å². The number of carboxylic acids is 1. The van der Waals surface area contributed by atoms with Gasteiger partial charge in [-0.15, -0.1) is 11.3 Å². The molecule has 1 aromatic rings. The molecule has 0 saturated carbocycles. The van der Waals surface area contributed by atoms with Crippen LogP contribution in [0.1, 0.15) is 49.6 Å². The summed E-state index contributed by atoms with van der Waals surface area (Å²) in [5, 5.41) is 11.7. The molecule has 2 rings (SSSR count). The molecule has 0 aliphatic carbocycles. The van der Waals surface area contributed by atoms with Crippen molar-refractivity contribution in [2.45, 2.75) is 51.6 Å². The minimum Gasteiger partial charge on any atom is -0.480 e. The Morgan fingerprint density at radius 2 is 2.39 bits per heavy atom. The molecular formula is C14H21NO2S. The fraction of sp³-hybridized carbons (Fsp3) is 0.643. The Balaban J connectivity index is 2.32. The topological polar surface area (TPSA) is 40.5 Å². The number of carbonyl (C=O) groups is 1. The van der Waals surface area contributed by atoms with Gasteiger partial charge in [0.25, 0.3) is 0 Å². The van der Waals surface area contributed by atoms with Crippen molar-refractivity contribution in [2.75, 3.05) is 6.54 Å². The van der Waals surface area contributed by atoms with Crippen LogP contribution in [0.5, 0.6) is 0 Å². The largest absolute Gasteiger partial charge is 0.480 e. The van der Waals surface area contributed by atoms with Crippen molar-refractivity contribution in [3.05, 3.63) is 21.9 Å². The lowest BCUT2D eigenvalue weighted by Crippen LogP contribution is -2.50. The van der Waals surface area contributed by atoms with E-state index in [1.807, 2.05) is 6.92 Å². The molecule has 1 fully saturated rings. The third-order valence-electron chi connectivity index (χ3n) is 4.27. The number of hydrogen-bond donors (Lipinski definition) is 1. The zero-order valence-electron chi connectivity index (χ0n) is 11.3. The van der Waals surface area contributed by atoms with E-state index in [4.69, 9.17) is 0 Å². The lowest BCUT2D eigenvalue weighted by Gasteiger charge is -2.38. The zero-order chi connectivity index (χ0) is 13.3. The van der Waals surface area contributed by atoms with Gasteiger partial charge >= 0.3 is 5.97 Å². The van der Waals surface area contributed by atoms with E-state index in [0.29, 0.717) is 6.42 Å². The summed E-state index contributed by atoms with van der Waals surface area (Å²) in [6.07, 6.45) is 2.43. The Morgan fingerprint density at radius 1 is 1.67 bits per heavy atom. The van der Waals surface area contributed by atoms with Gasteiger partial charge in [-0.05, 0) is 56.7 Å². The van der Waals surface area contributed by atoms with Crippen LogP contribution in [0.25, 0.3) is 0 Å². The van der Waals surface area contributed by atoms with Crippen LogP contribution in [0.15, 0.2) is 11.4 Å². The molecule has 2 atom stereocenters. The van der Waals surface area contributed by atoms with Crippen molar-refractivity contribution in [2.24, 2.45) is 0 Å². The smallest absolute Gasteiger partial charge is 0.324 e. The average Bonchev–Trinajstić information content (AvgIpc) is 2.94. The minimum absolute atomic E-state index is 0.198. The van der Waals surface area contributed by atoms with E-state index in [1.54, 1.807) is 11.3 Å². The van der Waals surface area contributed by atoms with Crippen LogP contribution >= 0.6 is 11.3 Å². The fourth-order valence-corrected chi connectivity index (χ4v) is 4.18. The normalized spacial score (nSPS) is 26.4. The number of nitrogens with zero attached hydrogens (tertiary/aromatic N) is 1. The molecule has 0 amide bonds. The fourth-order valence-electron chi connectivity index (χ4n) is 3.18. The summed E-state index contributed by atoms with van der Waals surface area (Å²) in [6, 6.07) is 2.31. The highest BCUT2D eigenvalue weighted by Crippen LogP contribution is 2.41. The van der Waals surface area contributed by atoms with E-state index in [9.17, 15) is 9.90 Å². The van der Waals surface area contributed by atoms with Crippen molar-refractivity contribution in [3.63, 3.8) is 0 Å². The first-order valence-electron chi connectivity index (χ1n) is 6.57. The number of carboxylic acid groups (broad SMARTS) is 1. The third kappa shape index (κ3) is 1.97. The summed E-state index contributed by atoms with van der Waals surface area (Å²) >= 11 is 1.73. The first-order chi connectivity index (χ1) is 8.53. The Kier molecular flexibility index (Phi) is 3.78. The van der Waals surface area contributed by atoms with E-state index in [2.05, 4.69) is 30.2 Å². The lowest BCUT2D eigenvalue weighted by atomic mass is 9.91. The van der Waals surface area contributed by atoms with Crippen molar-refractivity contribution in [3.8, 4) is 0 Å². The summed E-state index contributed by atoms with van der Waals surface area (Å²) in [6.45, 7) is 7.11. The van der Waals surface area contributed by atoms with Gasteiger partial charge in [0.1, 0.15) is 5.54 Å².